The Morgan fingerprint density at radius 3 is 2.03 bits per heavy atom. The van der Waals surface area contributed by atoms with E-state index in [-0.39, 0.29) is 5.57 Å². The lowest BCUT2D eigenvalue weighted by atomic mass is 9.86. The predicted molar refractivity (Wildman–Crippen MR) is 111 cm³/mol. The van der Waals surface area contributed by atoms with Crippen molar-refractivity contribution in [1.82, 2.24) is 0 Å². The van der Waals surface area contributed by atoms with Crippen LogP contribution in [0.5, 0.6) is 0 Å². The summed E-state index contributed by atoms with van der Waals surface area (Å²) >= 11 is 0. The largest absolute Gasteiger partial charge is 0.414 e. The van der Waals surface area contributed by atoms with E-state index in [1.165, 1.54) is 0 Å². The van der Waals surface area contributed by atoms with Gasteiger partial charge in [-0.25, -0.2) is 0 Å². The predicted octanol–water partition coefficient (Wildman–Crippen LogP) is 7.35. The third-order valence-corrected chi connectivity index (χ3v) is 5.57. The van der Waals surface area contributed by atoms with Gasteiger partial charge in [0.25, 0.3) is 0 Å². The quantitative estimate of drug-likeness (QED) is 0.338. The molecule has 3 heteroatoms. The zero-order valence-electron chi connectivity index (χ0n) is 15.4. The molecule has 0 radical (unpaired) electrons. The van der Waals surface area contributed by atoms with Crippen LogP contribution in [0.2, 0.25) is 0 Å². The van der Waals surface area contributed by atoms with Crippen molar-refractivity contribution in [3.63, 3.8) is 0 Å². The van der Waals surface area contributed by atoms with Crippen LogP contribution in [-0.4, -0.2) is 6.18 Å². The van der Waals surface area contributed by atoms with Crippen molar-refractivity contribution in [2.75, 3.05) is 0 Å². The number of rotatable bonds is 2. The maximum Gasteiger partial charge on any atom is 0.414 e. The van der Waals surface area contributed by atoms with Crippen LogP contribution in [-0.2, 0) is 0 Å². The molecule has 1 unspecified atom stereocenters. The number of alkyl halides is 3. The molecule has 0 saturated heterocycles. The smallest absolute Gasteiger partial charge is 0.166 e. The number of fused-ring (bicyclic) bond motifs is 2. The number of benzene rings is 4. The number of hydrogen-bond acceptors (Lipinski definition) is 0. The molecule has 1 atom stereocenters. The van der Waals surface area contributed by atoms with Gasteiger partial charge in [0.05, 0.1) is 5.57 Å². The number of allylic oxidation sites excluding steroid dienone is 1. The van der Waals surface area contributed by atoms with Crippen LogP contribution in [0, 0.1) is 0 Å². The molecule has 0 fully saturated rings. The van der Waals surface area contributed by atoms with E-state index >= 15 is 0 Å². The molecule has 4 aromatic rings. The van der Waals surface area contributed by atoms with E-state index in [1.807, 2.05) is 60.7 Å². The van der Waals surface area contributed by atoms with Crippen LogP contribution in [0.15, 0.2) is 103 Å². The molecule has 0 amide bonds. The first-order valence-corrected chi connectivity index (χ1v) is 9.49. The molecule has 5 rings (SSSR count). The lowest BCUT2D eigenvalue weighted by Gasteiger charge is -2.21. The minimum Gasteiger partial charge on any atom is -0.166 e. The summed E-state index contributed by atoms with van der Waals surface area (Å²) in [5.41, 5.74) is 2.41. The molecular formula is C26H17F3. The number of hydrogen-bond donors (Lipinski definition) is 0. The first-order chi connectivity index (χ1) is 14.0. The average Bonchev–Trinajstić information content (AvgIpc) is 3.10. The van der Waals surface area contributed by atoms with Crippen LogP contribution in [0.4, 0.5) is 13.2 Å². The Kier molecular flexibility index (Phi) is 4.06. The first kappa shape index (κ1) is 17.7. The highest BCUT2D eigenvalue weighted by molar-refractivity contribution is 5.91. The monoisotopic (exact) mass is 386 g/mol. The van der Waals surface area contributed by atoms with Gasteiger partial charge in [-0.3, -0.25) is 0 Å². The van der Waals surface area contributed by atoms with Crippen LogP contribution in [0.1, 0.15) is 28.2 Å². The van der Waals surface area contributed by atoms with Crippen molar-refractivity contribution in [2.24, 2.45) is 0 Å². The van der Waals surface area contributed by atoms with Crippen molar-refractivity contribution in [2.45, 2.75) is 12.1 Å². The topological polar surface area (TPSA) is 0 Å². The fourth-order valence-corrected chi connectivity index (χ4v) is 4.38. The summed E-state index contributed by atoms with van der Waals surface area (Å²) < 4.78 is 43.4. The molecule has 1 aliphatic carbocycles. The Hall–Kier alpha value is -3.33. The van der Waals surface area contributed by atoms with Gasteiger partial charge < -0.3 is 0 Å². The lowest BCUT2D eigenvalue weighted by Crippen LogP contribution is -2.18. The van der Waals surface area contributed by atoms with Crippen molar-refractivity contribution < 1.29 is 13.2 Å². The van der Waals surface area contributed by atoms with Gasteiger partial charge >= 0.3 is 6.18 Å². The van der Waals surface area contributed by atoms with Gasteiger partial charge in [-0.2, -0.15) is 13.2 Å². The molecule has 0 aliphatic heterocycles. The maximum atomic E-state index is 14.5. The van der Waals surface area contributed by atoms with Gasteiger partial charge in [-0.15, -0.1) is 0 Å². The van der Waals surface area contributed by atoms with Crippen LogP contribution in [0.3, 0.4) is 0 Å². The summed E-state index contributed by atoms with van der Waals surface area (Å²) in [6.07, 6.45) is -4.44. The minimum absolute atomic E-state index is 0.284. The molecule has 1 aliphatic rings. The van der Waals surface area contributed by atoms with E-state index in [0.717, 1.165) is 10.8 Å². The highest BCUT2D eigenvalue weighted by Gasteiger charge is 2.47. The van der Waals surface area contributed by atoms with Gasteiger partial charge in [0, 0.05) is 5.92 Å². The first-order valence-electron chi connectivity index (χ1n) is 9.49. The molecule has 0 bridgehead atoms. The van der Waals surface area contributed by atoms with E-state index in [0.29, 0.717) is 22.3 Å². The average molecular weight is 386 g/mol. The second-order valence-electron chi connectivity index (χ2n) is 7.28. The van der Waals surface area contributed by atoms with E-state index in [9.17, 15) is 13.2 Å². The SMILES string of the molecule is FC(F)(F)C1=C(c2ccccc2)c2ccccc2C1c1ccc2ccccc2c1. The van der Waals surface area contributed by atoms with E-state index < -0.39 is 17.7 Å². The van der Waals surface area contributed by atoms with Gasteiger partial charge in [0.15, 0.2) is 0 Å². The second-order valence-corrected chi connectivity index (χ2v) is 7.28. The van der Waals surface area contributed by atoms with Crippen molar-refractivity contribution in [3.05, 3.63) is 125 Å². The van der Waals surface area contributed by atoms with Crippen LogP contribution in [0.25, 0.3) is 16.3 Å². The fraction of sp³-hybridized carbons (Fsp3) is 0.0769. The Labute approximate surface area is 166 Å². The van der Waals surface area contributed by atoms with Gasteiger partial charge in [0.2, 0.25) is 0 Å². The minimum atomic E-state index is -4.44. The normalized spacial score (nSPS) is 16.3. The Balaban J connectivity index is 1.82. The highest BCUT2D eigenvalue weighted by atomic mass is 19.4. The second kappa shape index (κ2) is 6.63. The van der Waals surface area contributed by atoms with E-state index in [1.54, 1.807) is 36.4 Å². The third kappa shape index (κ3) is 2.94. The summed E-state index contributed by atoms with van der Waals surface area (Å²) in [6, 6.07) is 29.5. The maximum absolute atomic E-state index is 14.5. The molecule has 0 nitrogen and oxygen atoms in total. The van der Waals surface area contributed by atoms with Crippen LogP contribution < -0.4 is 0 Å². The van der Waals surface area contributed by atoms with Gasteiger partial charge in [-0.1, -0.05) is 97.1 Å². The molecule has 4 aromatic carbocycles. The Morgan fingerprint density at radius 2 is 1.28 bits per heavy atom. The van der Waals surface area contributed by atoms with Crippen molar-refractivity contribution >= 4 is 16.3 Å². The highest BCUT2D eigenvalue weighted by Crippen LogP contribution is 2.53. The van der Waals surface area contributed by atoms with Crippen molar-refractivity contribution in [1.29, 1.82) is 0 Å². The van der Waals surface area contributed by atoms with E-state index in [2.05, 4.69) is 0 Å². The molecule has 29 heavy (non-hydrogen) atoms. The van der Waals surface area contributed by atoms with Gasteiger partial charge in [0.1, 0.15) is 0 Å². The molecule has 0 saturated carbocycles. The summed E-state index contributed by atoms with van der Waals surface area (Å²) in [6.45, 7) is 0. The molecule has 0 heterocycles. The summed E-state index contributed by atoms with van der Waals surface area (Å²) in [5.74, 6) is -0.842. The van der Waals surface area contributed by atoms with Crippen LogP contribution >= 0.6 is 0 Å². The van der Waals surface area contributed by atoms with Gasteiger partial charge in [-0.05, 0) is 38.6 Å². The molecular weight excluding hydrogens is 369 g/mol. The Bertz CT molecular complexity index is 1230. The molecule has 142 valence electrons. The standard InChI is InChI=1S/C26H17F3/c27-26(28,29)25-23(18-9-2-1-3-10-18)21-12-6-7-13-22(21)24(25)20-15-14-17-8-4-5-11-19(17)16-20/h1-16,24H. The number of halogens is 3. The fourth-order valence-electron chi connectivity index (χ4n) is 4.38. The summed E-state index contributed by atoms with van der Waals surface area (Å²) in [5, 5.41) is 1.96. The molecule has 0 spiro atoms. The third-order valence-electron chi connectivity index (χ3n) is 5.57. The van der Waals surface area contributed by atoms with Crippen molar-refractivity contribution in [3.8, 4) is 0 Å². The zero-order valence-corrected chi connectivity index (χ0v) is 15.4. The summed E-state index contributed by atoms with van der Waals surface area (Å²) in [7, 11) is 0. The lowest BCUT2D eigenvalue weighted by molar-refractivity contribution is -0.0936. The zero-order chi connectivity index (χ0) is 20.0. The molecule has 0 N–H and O–H groups in total. The summed E-state index contributed by atoms with van der Waals surface area (Å²) in [4.78, 5) is 0. The van der Waals surface area contributed by atoms with E-state index in [4.69, 9.17) is 0 Å². The molecule has 0 aromatic heterocycles. The Morgan fingerprint density at radius 1 is 0.621 bits per heavy atom.